The van der Waals surface area contributed by atoms with Crippen LogP contribution in [-0.2, 0) is 0 Å². The first-order chi connectivity index (χ1) is 6.85. The maximum absolute atomic E-state index is 5.66. The average Bonchev–Trinajstić information content (AvgIpc) is 2.22. The molecule has 0 fully saturated rings. The average molecular weight is 198 g/mol. The second-order valence-corrected chi connectivity index (χ2v) is 3.83. The predicted octanol–water partition coefficient (Wildman–Crippen LogP) is 2.45. The van der Waals surface area contributed by atoms with Gasteiger partial charge in [0, 0.05) is 19.1 Å². The van der Waals surface area contributed by atoms with Crippen molar-refractivity contribution in [3.63, 3.8) is 0 Å². The van der Waals surface area contributed by atoms with Crippen LogP contribution < -0.4 is 11.1 Å². The second kappa shape index (κ2) is 10.7. The van der Waals surface area contributed by atoms with Crippen LogP contribution in [0.25, 0.3) is 0 Å². The number of hydrogen-bond donors (Lipinski definition) is 2. The first kappa shape index (κ1) is 13.7. The van der Waals surface area contributed by atoms with Gasteiger partial charge in [0.2, 0.25) is 0 Å². The topological polar surface area (TPSA) is 38.0 Å². The van der Waals surface area contributed by atoms with E-state index in [1.54, 1.807) is 0 Å². The van der Waals surface area contributed by atoms with Gasteiger partial charge in [0.15, 0.2) is 0 Å². The van der Waals surface area contributed by atoms with Crippen LogP contribution in [0.4, 0.5) is 0 Å². The van der Waals surface area contributed by atoms with Crippen molar-refractivity contribution in [1.82, 2.24) is 5.32 Å². The van der Waals surface area contributed by atoms with Crippen molar-refractivity contribution < 1.29 is 0 Å². The first-order valence-electron chi connectivity index (χ1n) is 5.89. The molecule has 1 atom stereocenters. The molecule has 0 saturated carbocycles. The molecule has 14 heavy (non-hydrogen) atoms. The van der Waals surface area contributed by atoms with Gasteiger partial charge in [-0.3, -0.25) is 0 Å². The van der Waals surface area contributed by atoms with Crippen LogP contribution in [0.1, 0.15) is 45.4 Å². The summed E-state index contributed by atoms with van der Waals surface area (Å²) in [4.78, 5) is 0. The Morgan fingerprint density at radius 2 is 2.00 bits per heavy atom. The fourth-order valence-corrected chi connectivity index (χ4v) is 1.55. The molecule has 0 saturated heterocycles. The molecule has 0 aromatic rings. The van der Waals surface area contributed by atoms with E-state index in [9.17, 15) is 0 Å². The molecule has 0 rings (SSSR count). The zero-order valence-electron chi connectivity index (χ0n) is 9.60. The lowest BCUT2D eigenvalue weighted by Gasteiger charge is -2.15. The Balaban J connectivity index is 3.28. The van der Waals surface area contributed by atoms with E-state index in [-0.39, 0.29) is 0 Å². The van der Waals surface area contributed by atoms with Crippen LogP contribution in [-0.4, -0.2) is 19.1 Å². The van der Waals surface area contributed by atoms with Gasteiger partial charge >= 0.3 is 0 Å². The highest BCUT2D eigenvalue weighted by molar-refractivity contribution is 4.75. The monoisotopic (exact) mass is 198 g/mol. The molecule has 0 aliphatic heterocycles. The standard InChI is InChI=1S/C12H26N2/c1-3-5-6-7-8-9-12(11-13)14-10-4-2/h4,12,14H,2-3,5-11,13H2,1H3. The molecule has 1 unspecified atom stereocenters. The molecule has 84 valence electrons. The van der Waals surface area contributed by atoms with Gasteiger partial charge in [-0.25, -0.2) is 0 Å². The summed E-state index contributed by atoms with van der Waals surface area (Å²) >= 11 is 0. The van der Waals surface area contributed by atoms with Crippen LogP contribution in [0.5, 0.6) is 0 Å². The Morgan fingerprint density at radius 1 is 1.29 bits per heavy atom. The lowest BCUT2D eigenvalue weighted by molar-refractivity contribution is 0.477. The number of hydrogen-bond acceptors (Lipinski definition) is 2. The van der Waals surface area contributed by atoms with Crippen molar-refractivity contribution in [2.45, 2.75) is 51.5 Å². The Kier molecular flexibility index (Phi) is 10.5. The third kappa shape index (κ3) is 8.27. The zero-order chi connectivity index (χ0) is 10.6. The van der Waals surface area contributed by atoms with Gasteiger partial charge in [-0.2, -0.15) is 0 Å². The van der Waals surface area contributed by atoms with Crippen LogP contribution in [0.3, 0.4) is 0 Å². The van der Waals surface area contributed by atoms with Crippen molar-refractivity contribution in [2.75, 3.05) is 13.1 Å². The fraction of sp³-hybridized carbons (Fsp3) is 0.833. The molecule has 2 heteroatoms. The summed E-state index contributed by atoms with van der Waals surface area (Å²) in [7, 11) is 0. The van der Waals surface area contributed by atoms with Gasteiger partial charge in [-0.05, 0) is 6.42 Å². The number of nitrogens with one attached hydrogen (secondary N) is 1. The molecule has 2 nitrogen and oxygen atoms in total. The van der Waals surface area contributed by atoms with Gasteiger partial charge < -0.3 is 11.1 Å². The summed E-state index contributed by atoms with van der Waals surface area (Å²) in [6, 6.07) is 0.481. The third-order valence-corrected chi connectivity index (χ3v) is 2.49. The maximum atomic E-state index is 5.66. The van der Waals surface area contributed by atoms with Crippen LogP contribution in [0, 0.1) is 0 Å². The Labute approximate surface area is 89.0 Å². The van der Waals surface area contributed by atoms with E-state index >= 15 is 0 Å². The lowest BCUT2D eigenvalue weighted by atomic mass is 10.1. The SMILES string of the molecule is C=CCNC(CN)CCCCCCC. The highest BCUT2D eigenvalue weighted by Crippen LogP contribution is 2.06. The van der Waals surface area contributed by atoms with Gasteiger partial charge in [0.1, 0.15) is 0 Å². The minimum atomic E-state index is 0.481. The summed E-state index contributed by atoms with van der Waals surface area (Å²) in [6.45, 7) is 7.54. The second-order valence-electron chi connectivity index (χ2n) is 3.83. The van der Waals surface area contributed by atoms with E-state index in [0.29, 0.717) is 6.04 Å². The van der Waals surface area contributed by atoms with E-state index in [1.165, 1.54) is 38.5 Å². The molecule has 0 heterocycles. The van der Waals surface area contributed by atoms with Crippen molar-refractivity contribution >= 4 is 0 Å². The normalized spacial score (nSPS) is 12.7. The van der Waals surface area contributed by atoms with Crippen molar-refractivity contribution in [3.05, 3.63) is 12.7 Å². The molecule has 0 aromatic carbocycles. The molecule has 0 aliphatic rings. The Hall–Kier alpha value is -0.340. The van der Waals surface area contributed by atoms with Crippen molar-refractivity contribution in [3.8, 4) is 0 Å². The molecule has 0 bridgehead atoms. The highest BCUT2D eigenvalue weighted by Gasteiger charge is 2.03. The predicted molar refractivity (Wildman–Crippen MR) is 64.4 cm³/mol. The summed E-state index contributed by atoms with van der Waals surface area (Å²) in [5, 5.41) is 3.37. The summed E-state index contributed by atoms with van der Waals surface area (Å²) < 4.78 is 0. The van der Waals surface area contributed by atoms with Crippen molar-refractivity contribution in [2.24, 2.45) is 5.73 Å². The lowest BCUT2D eigenvalue weighted by Crippen LogP contribution is -2.35. The van der Waals surface area contributed by atoms with E-state index in [0.717, 1.165) is 13.1 Å². The highest BCUT2D eigenvalue weighted by atomic mass is 14.9. The molecule has 3 N–H and O–H groups in total. The van der Waals surface area contributed by atoms with Gasteiger partial charge in [-0.15, -0.1) is 6.58 Å². The molecular formula is C12H26N2. The molecule has 0 aliphatic carbocycles. The summed E-state index contributed by atoms with van der Waals surface area (Å²) in [6.07, 6.45) is 9.79. The first-order valence-corrected chi connectivity index (χ1v) is 5.89. The summed E-state index contributed by atoms with van der Waals surface area (Å²) in [5.41, 5.74) is 5.66. The Morgan fingerprint density at radius 3 is 2.57 bits per heavy atom. The number of unbranched alkanes of at least 4 members (excludes halogenated alkanes) is 4. The van der Waals surface area contributed by atoms with Crippen LogP contribution in [0.2, 0.25) is 0 Å². The number of nitrogens with two attached hydrogens (primary N) is 1. The van der Waals surface area contributed by atoms with Gasteiger partial charge in [0.25, 0.3) is 0 Å². The van der Waals surface area contributed by atoms with E-state index in [4.69, 9.17) is 5.73 Å². The zero-order valence-corrected chi connectivity index (χ0v) is 9.60. The van der Waals surface area contributed by atoms with Gasteiger partial charge in [0.05, 0.1) is 0 Å². The third-order valence-electron chi connectivity index (χ3n) is 2.49. The molecular weight excluding hydrogens is 172 g/mol. The number of rotatable bonds is 10. The van der Waals surface area contributed by atoms with Crippen molar-refractivity contribution in [1.29, 1.82) is 0 Å². The van der Waals surface area contributed by atoms with Crippen LogP contribution >= 0.6 is 0 Å². The van der Waals surface area contributed by atoms with Gasteiger partial charge in [-0.1, -0.05) is 45.1 Å². The molecule has 0 spiro atoms. The minimum absolute atomic E-state index is 0.481. The van der Waals surface area contributed by atoms with Crippen LogP contribution in [0.15, 0.2) is 12.7 Å². The van der Waals surface area contributed by atoms with E-state index in [2.05, 4.69) is 18.8 Å². The fourth-order valence-electron chi connectivity index (χ4n) is 1.55. The van der Waals surface area contributed by atoms with E-state index < -0.39 is 0 Å². The largest absolute Gasteiger partial charge is 0.329 e. The molecule has 0 amide bonds. The summed E-state index contributed by atoms with van der Waals surface area (Å²) in [5.74, 6) is 0. The molecule has 0 aromatic heterocycles. The quantitative estimate of drug-likeness (QED) is 0.418. The molecule has 0 radical (unpaired) electrons. The minimum Gasteiger partial charge on any atom is -0.329 e. The Bertz CT molecular complexity index is 123. The smallest absolute Gasteiger partial charge is 0.0193 e. The maximum Gasteiger partial charge on any atom is 0.0193 e. The van der Waals surface area contributed by atoms with E-state index in [1.807, 2.05) is 6.08 Å².